The molecule has 2 aliphatic rings. The van der Waals surface area contributed by atoms with Crippen molar-refractivity contribution in [2.75, 3.05) is 6.54 Å². The second-order valence-electron chi connectivity index (χ2n) is 6.37. The maximum absolute atomic E-state index is 3.75. The highest BCUT2D eigenvalue weighted by atomic mass is 14.9. The van der Waals surface area contributed by atoms with Gasteiger partial charge in [-0.1, -0.05) is 44.5 Å². The molecule has 0 bridgehead atoms. The Morgan fingerprint density at radius 2 is 1.68 bits per heavy atom. The molecule has 3 unspecified atom stereocenters. The van der Waals surface area contributed by atoms with E-state index in [9.17, 15) is 0 Å². The first-order valence-electron chi connectivity index (χ1n) is 8.14. The van der Waals surface area contributed by atoms with Crippen LogP contribution in [0.25, 0.3) is 0 Å². The van der Waals surface area contributed by atoms with Crippen molar-refractivity contribution in [1.29, 1.82) is 0 Å². The smallest absolute Gasteiger partial charge is 0.0141 e. The zero-order chi connectivity index (χ0) is 13.2. The van der Waals surface area contributed by atoms with Crippen molar-refractivity contribution in [2.45, 2.75) is 52.0 Å². The average Bonchev–Trinajstić information content (AvgIpc) is 2.91. The summed E-state index contributed by atoms with van der Waals surface area (Å²) in [5.74, 6) is 3.08. The molecule has 1 heteroatoms. The summed E-state index contributed by atoms with van der Waals surface area (Å²) in [6.07, 6.45) is 6.83. The predicted octanol–water partition coefficient (Wildman–Crippen LogP) is 3.82. The van der Waals surface area contributed by atoms with Gasteiger partial charge < -0.3 is 5.32 Å². The summed E-state index contributed by atoms with van der Waals surface area (Å²) in [5.41, 5.74) is 2.96. The third-order valence-electron chi connectivity index (χ3n) is 5.29. The Morgan fingerprint density at radius 1 is 1.05 bits per heavy atom. The summed E-state index contributed by atoms with van der Waals surface area (Å²) in [7, 11) is 0. The minimum Gasteiger partial charge on any atom is -0.314 e. The van der Waals surface area contributed by atoms with Crippen LogP contribution in [0.2, 0.25) is 0 Å². The van der Waals surface area contributed by atoms with Crippen LogP contribution in [0.1, 0.15) is 44.2 Å². The maximum Gasteiger partial charge on any atom is 0.0141 e. The van der Waals surface area contributed by atoms with Crippen molar-refractivity contribution in [2.24, 2.45) is 17.8 Å². The SMILES string of the molecule is CCNC(Cc1ccc(CC)cc1)C1C2CCCC21. The molecule has 0 aromatic heterocycles. The van der Waals surface area contributed by atoms with Gasteiger partial charge in [0, 0.05) is 6.04 Å². The van der Waals surface area contributed by atoms with E-state index < -0.39 is 0 Å². The quantitative estimate of drug-likeness (QED) is 0.817. The number of nitrogens with one attached hydrogen (secondary N) is 1. The Hall–Kier alpha value is -0.820. The van der Waals surface area contributed by atoms with Crippen molar-refractivity contribution >= 4 is 0 Å². The minimum absolute atomic E-state index is 0.716. The number of fused-ring (bicyclic) bond motifs is 1. The number of benzene rings is 1. The van der Waals surface area contributed by atoms with Gasteiger partial charge in [0.05, 0.1) is 0 Å². The molecule has 3 rings (SSSR count). The van der Waals surface area contributed by atoms with Crippen LogP contribution in [0.5, 0.6) is 0 Å². The van der Waals surface area contributed by atoms with Gasteiger partial charge in [0.25, 0.3) is 0 Å². The lowest BCUT2D eigenvalue weighted by atomic mass is 9.96. The lowest BCUT2D eigenvalue weighted by Gasteiger charge is -2.20. The summed E-state index contributed by atoms with van der Waals surface area (Å²) >= 11 is 0. The van der Waals surface area contributed by atoms with Gasteiger partial charge in [0.15, 0.2) is 0 Å². The molecule has 1 aromatic rings. The summed E-state index contributed by atoms with van der Waals surface area (Å²) in [5, 5.41) is 3.75. The van der Waals surface area contributed by atoms with Crippen LogP contribution < -0.4 is 5.32 Å². The first-order chi connectivity index (χ1) is 9.33. The van der Waals surface area contributed by atoms with Crippen molar-refractivity contribution in [3.8, 4) is 0 Å². The lowest BCUT2D eigenvalue weighted by Crippen LogP contribution is -2.34. The van der Waals surface area contributed by atoms with E-state index in [0.29, 0.717) is 6.04 Å². The number of aryl methyl sites for hydroxylation is 1. The standard InChI is InChI=1S/C18H27N/c1-3-13-8-10-14(11-9-13)12-17(19-4-2)18-15-6-5-7-16(15)18/h8-11,15-19H,3-7,12H2,1-2H3. The number of rotatable bonds is 6. The molecule has 1 nitrogen and oxygen atoms in total. The van der Waals surface area contributed by atoms with Crippen LogP contribution in [0, 0.1) is 17.8 Å². The Kier molecular flexibility index (Phi) is 3.93. The summed E-state index contributed by atoms with van der Waals surface area (Å²) in [6, 6.07) is 9.98. The van der Waals surface area contributed by atoms with Crippen LogP contribution in [0.15, 0.2) is 24.3 Å². The fourth-order valence-corrected chi connectivity index (χ4v) is 4.25. The zero-order valence-corrected chi connectivity index (χ0v) is 12.4. The van der Waals surface area contributed by atoms with E-state index in [2.05, 4.69) is 43.4 Å². The highest BCUT2D eigenvalue weighted by Gasteiger charge is 2.55. The molecule has 0 radical (unpaired) electrons. The van der Waals surface area contributed by atoms with Crippen LogP contribution >= 0.6 is 0 Å². The molecule has 3 atom stereocenters. The molecule has 104 valence electrons. The van der Waals surface area contributed by atoms with Crippen LogP contribution in [-0.2, 0) is 12.8 Å². The van der Waals surface area contributed by atoms with Gasteiger partial charge in [-0.05, 0) is 61.1 Å². The van der Waals surface area contributed by atoms with Gasteiger partial charge in [-0.15, -0.1) is 0 Å². The van der Waals surface area contributed by atoms with Gasteiger partial charge in [-0.2, -0.15) is 0 Å². The summed E-state index contributed by atoms with van der Waals surface area (Å²) in [6.45, 7) is 5.57. The molecule has 0 amide bonds. The average molecular weight is 257 g/mol. The van der Waals surface area contributed by atoms with Crippen molar-refractivity contribution < 1.29 is 0 Å². The molecule has 0 saturated heterocycles. The van der Waals surface area contributed by atoms with E-state index in [4.69, 9.17) is 0 Å². The monoisotopic (exact) mass is 257 g/mol. The van der Waals surface area contributed by atoms with Crippen LogP contribution in [0.4, 0.5) is 0 Å². The Labute approximate surface area is 117 Å². The molecule has 2 aliphatic carbocycles. The fraction of sp³-hybridized carbons (Fsp3) is 0.667. The first-order valence-corrected chi connectivity index (χ1v) is 8.14. The maximum atomic E-state index is 3.75. The minimum atomic E-state index is 0.716. The molecule has 0 aliphatic heterocycles. The van der Waals surface area contributed by atoms with Crippen LogP contribution in [-0.4, -0.2) is 12.6 Å². The fourth-order valence-electron chi connectivity index (χ4n) is 4.25. The molecule has 19 heavy (non-hydrogen) atoms. The Morgan fingerprint density at radius 3 is 2.26 bits per heavy atom. The zero-order valence-electron chi connectivity index (χ0n) is 12.4. The van der Waals surface area contributed by atoms with Crippen molar-refractivity contribution in [3.63, 3.8) is 0 Å². The summed E-state index contributed by atoms with van der Waals surface area (Å²) < 4.78 is 0. The Balaban J connectivity index is 1.64. The van der Waals surface area contributed by atoms with Crippen molar-refractivity contribution in [1.82, 2.24) is 5.32 Å². The van der Waals surface area contributed by atoms with E-state index in [1.807, 2.05) is 0 Å². The topological polar surface area (TPSA) is 12.0 Å². The molecule has 1 aromatic carbocycles. The Bertz CT molecular complexity index is 398. The van der Waals surface area contributed by atoms with Crippen molar-refractivity contribution in [3.05, 3.63) is 35.4 Å². The van der Waals surface area contributed by atoms with Gasteiger partial charge in [-0.25, -0.2) is 0 Å². The number of likely N-dealkylation sites (N-methyl/N-ethyl adjacent to an activating group) is 1. The molecule has 1 N–H and O–H groups in total. The summed E-state index contributed by atoms with van der Waals surface area (Å²) in [4.78, 5) is 0. The van der Waals surface area contributed by atoms with E-state index >= 15 is 0 Å². The molecule has 0 heterocycles. The van der Waals surface area contributed by atoms with E-state index in [1.165, 1.54) is 36.8 Å². The molecule has 2 fully saturated rings. The highest BCUT2D eigenvalue weighted by molar-refractivity contribution is 5.24. The number of hydrogen-bond acceptors (Lipinski definition) is 1. The third kappa shape index (κ3) is 2.72. The molecular weight excluding hydrogens is 230 g/mol. The van der Waals surface area contributed by atoms with Gasteiger partial charge in [-0.3, -0.25) is 0 Å². The van der Waals surface area contributed by atoms with Crippen LogP contribution in [0.3, 0.4) is 0 Å². The second-order valence-corrected chi connectivity index (χ2v) is 6.37. The third-order valence-corrected chi connectivity index (χ3v) is 5.29. The van der Waals surface area contributed by atoms with Gasteiger partial charge >= 0.3 is 0 Å². The largest absolute Gasteiger partial charge is 0.314 e. The highest BCUT2D eigenvalue weighted by Crippen LogP contribution is 2.59. The van der Waals surface area contributed by atoms with E-state index in [1.54, 1.807) is 0 Å². The second kappa shape index (κ2) is 5.66. The predicted molar refractivity (Wildman–Crippen MR) is 81.3 cm³/mol. The van der Waals surface area contributed by atoms with Gasteiger partial charge in [0.2, 0.25) is 0 Å². The normalized spacial score (nSPS) is 30.1. The molecule has 0 spiro atoms. The molecular formula is C18H27N. The molecule has 2 saturated carbocycles. The van der Waals surface area contributed by atoms with E-state index in [-0.39, 0.29) is 0 Å². The number of hydrogen-bond donors (Lipinski definition) is 1. The lowest BCUT2D eigenvalue weighted by molar-refractivity contribution is 0.411. The first kappa shape index (κ1) is 13.2. The van der Waals surface area contributed by atoms with E-state index in [0.717, 1.165) is 30.7 Å². The van der Waals surface area contributed by atoms with Gasteiger partial charge in [0.1, 0.15) is 0 Å².